The first-order chi connectivity index (χ1) is 11.4. The Kier molecular flexibility index (Phi) is 4.68. The molecular formula is C16H20N4O3S. The van der Waals surface area contributed by atoms with Crippen molar-refractivity contribution in [1.82, 2.24) is 15.1 Å². The molecule has 1 aromatic heterocycles. The molecule has 1 fully saturated rings. The summed E-state index contributed by atoms with van der Waals surface area (Å²) < 4.78 is 25.3. The first kappa shape index (κ1) is 16.7. The van der Waals surface area contributed by atoms with E-state index in [1.165, 1.54) is 16.9 Å². The highest BCUT2D eigenvalue weighted by atomic mass is 32.2. The molecule has 1 aliphatic rings. The summed E-state index contributed by atoms with van der Waals surface area (Å²) in [6.45, 7) is 1.63. The predicted molar refractivity (Wildman–Crippen MR) is 90.9 cm³/mol. The van der Waals surface area contributed by atoms with E-state index in [1.54, 1.807) is 24.4 Å². The average Bonchev–Trinajstić information content (AvgIpc) is 3.03. The predicted octanol–water partition coefficient (Wildman–Crippen LogP) is 1.21. The number of hydrogen-bond donors (Lipinski definition) is 2. The number of nitrogens with one attached hydrogen (secondary N) is 2. The van der Waals surface area contributed by atoms with Crippen LogP contribution in [-0.4, -0.2) is 43.5 Å². The highest BCUT2D eigenvalue weighted by Crippen LogP contribution is 2.21. The van der Waals surface area contributed by atoms with Gasteiger partial charge in [-0.3, -0.25) is 4.79 Å². The van der Waals surface area contributed by atoms with Gasteiger partial charge in [0.25, 0.3) is 0 Å². The molecular weight excluding hydrogens is 328 g/mol. The number of amides is 1. The molecule has 128 valence electrons. The van der Waals surface area contributed by atoms with E-state index in [2.05, 4.69) is 15.7 Å². The second-order valence-electron chi connectivity index (χ2n) is 5.95. The number of aromatic nitrogens is 2. The maximum atomic E-state index is 12.3. The fourth-order valence-corrected chi connectivity index (χ4v) is 3.67. The summed E-state index contributed by atoms with van der Waals surface area (Å²) in [5.74, 6) is -0.0939. The quantitative estimate of drug-likeness (QED) is 0.866. The Labute approximate surface area is 141 Å². The maximum Gasteiger partial charge on any atom is 0.228 e. The Hall–Kier alpha value is -2.19. The van der Waals surface area contributed by atoms with Crippen LogP contribution in [0.25, 0.3) is 5.69 Å². The number of nitrogens with zero attached hydrogens (tertiary/aromatic N) is 2. The van der Waals surface area contributed by atoms with Gasteiger partial charge in [-0.05, 0) is 31.5 Å². The average molecular weight is 348 g/mol. The molecule has 2 aromatic rings. The van der Waals surface area contributed by atoms with Crippen molar-refractivity contribution in [3.05, 3.63) is 36.7 Å². The van der Waals surface area contributed by atoms with E-state index in [0.717, 1.165) is 25.6 Å². The van der Waals surface area contributed by atoms with Gasteiger partial charge in [0.2, 0.25) is 5.91 Å². The minimum atomic E-state index is -3.37. The Bertz CT molecular complexity index is 839. The first-order valence-corrected chi connectivity index (χ1v) is 9.70. The molecule has 0 bridgehead atoms. The summed E-state index contributed by atoms with van der Waals surface area (Å²) in [6.07, 6.45) is 6.16. The van der Waals surface area contributed by atoms with Crippen molar-refractivity contribution >= 4 is 21.4 Å². The number of carbonyl (C=O) groups is 1. The molecule has 3 rings (SSSR count). The van der Waals surface area contributed by atoms with Crippen molar-refractivity contribution in [2.75, 3.05) is 24.7 Å². The fourth-order valence-electron chi connectivity index (χ4n) is 2.80. The molecule has 2 heterocycles. The zero-order valence-electron chi connectivity index (χ0n) is 13.4. The Morgan fingerprint density at radius 3 is 2.88 bits per heavy atom. The molecule has 1 aliphatic heterocycles. The second kappa shape index (κ2) is 6.74. The van der Waals surface area contributed by atoms with Crippen molar-refractivity contribution in [3.8, 4) is 5.69 Å². The van der Waals surface area contributed by atoms with Crippen LogP contribution in [0, 0.1) is 5.92 Å². The van der Waals surface area contributed by atoms with E-state index in [0.29, 0.717) is 17.9 Å². The summed E-state index contributed by atoms with van der Waals surface area (Å²) in [7, 11) is -3.37. The van der Waals surface area contributed by atoms with Crippen molar-refractivity contribution in [1.29, 1.82) is 0 Å². The van der Waals surface area contributed by atoms with Crippen LogP contribution in [0.5, 0.6) is 0 Å². The van der Waals surface area contributed by atoms with Crippen molar-refractivity contribution in [2.45, 2.75) is 17.7 Å². The number of hydrogen-bond acceptors (Lipinski definition) is 5. The van der Waals surface area contributed by atoms with Crippen LogP contribution in [0.3, 0.4) is 0 Å². The van der Waals surface area contributed by atoms with Crippen molar-refractivity contribution in [2.24, 2.45) is 5.92 Å². The van der Waals surface area contributed by atoms with E-state index in [9.17, 15) is 13.2 Å². The fraction of sp³-hybridized carbons (Fsp3) is 0.375. The third-order valence-electron chi connectivity index (χ3n) is 4.03. The van der Waals surface area contributed by atoms with E-state index in [1.807, 2.05) is 0 Å². The van der Waals surface area contributed by atoms with E-state index in [-0.39, 0.29) is 16.7 Å². The lowest BCUT2D eigenvalue weighted by Gasteiger charge is -2.21. The van der Waals surface area contributed by atoms with Gasteiger partial charge in [-0.15, -0.1) is 0 Å². The molecule has 1 aromatic carbocycles. The normalized spacial score (nSPS) is 18.3. The van der Waals surface area contributed by atoms with E-state index < -0.39 is 9.84 Å². The molecule has 0 aliphatic carbocycles. The maximum absolute atomic E-state index is 12.3. The van der Waals surface area contributed by atoms with Gasteiger partial charge in [-0.25, -0.2) is 13.1 Å². The Balaban J connectivity index is 1.80. The number of benzene rings is 1. The molecule has 0 radical (unpaired) electrons. The molecule has 1 atom stereocenters. The SMILES string of the molecule is CS(=O)(=O)c1ccccc1-n1cc(NC(=O)C2CCCNC2)cn1. The largest absolute Gasteiger partial charge is 0.323 e. The molecule has 1 unspecified atom stereocenters. The van der Waals surface area contributed by atoms with Crippen LogP contribution in [0.1, 0.15) is 12.8 Å². The number of piperidine rings is 1. The summed E-state index contributed by atoms with van der Waals surface area (Å²) in [4.78, 5) is 12.5. The van der Waals surface area contributed by atoms with Crippen molar-refractivity contribution in [3.63, 3.8) is 0 Å². The lowest BCUT2D eigenvalue weighted by atomic mass is 9.99. The summed E-state index contributed by atoms with van der Waals surface area (Å²) in [6, 6.07) is 6.64. The van der Waals surface area contributed by atoms with E-state index in [4.69, 9.17) is 0 Å². The minimum Gasteiger partial charge on any atom is -0.323 e. The van der Waals surface area contributed by atoms with Gasteiger partial charge in [-0.1, -0.05) is 12.1 Å². The van der Waals surface area contributed by atoms with Crippen LogP contribution in [0.2, 0.25) is 0 Å². The number of anilines is 1. The lowest BCUT2D eigenvalue weighted by Crippen LogP contribution is -2.37. The van der Waals surface area contributed by atoms with Crippen LogP contribution >= 0.6 is 0 Å². The van der Waals surface area contributed by atoms with Gasteiger partial charge in [0.05, 0.1) is 34.6 Å². The second-order valence-corrected chi connectivity index (χ2v) is 7.93. The van der Waals surface area contributed by atoms with Gasteiger partial charge in [-0.2, -0.15) is 5.10 Å². The van der Waals surface area contributed by atoms with Gasteiger partial charge < -0.3 is 10.6 Å². The number of para-hydroxylation sites is 1. The van der Waals surface area contributed by atoms with Gasteiger partial charge >= 0.3 is 0 Å². The van der Waals surface area contributed by atoms with Crippen LogP contribution in [0.15, 0.2) is 41.6 Å². The van der Waals surface area contributed by atoms with Crippen LogP contribution < -0.4 is 10.6 Å². The topological polar surface area (TPSA) is 93.1 Å². The van der Waals surface area contributed by atoms with Crippen LogP contribution in [-0.2, 0) is 14.6 Å². The number of carbonyl (C=O) groups excluding carboxylic acids is 1. The number of rotatable bonds is 4. The third-order valence-corrected chi connectivity index (χ3v) is 5.17. The third kappa shape index (κ3) is 3.65. The molecule has 2 N–H and O–H groups in total. The molecule has 0 spiro atoms. The summed E-state index contributed by atoms with van der Waals surface area (Å²) >= 11 is 0. The molecule has 0 saturated carbocycles. The zero-order valence-corrected chi connectivity index (χ0v) is 14.2. The lowest BCUT2D eigenvalue weighted by molar-refractivity contribution is -0.120. The van der Waals surface area contributed by atoms with Crippen molar-refractivity contribution < 1.29 is 13.2 Å². The highest BCUT2D eigenvalue weighted by molar-refractivity contribution is 7.90. The standard InChI is InChI=1S/C16H20N4O3S/c1-24(22,23)15-7-3-2-6-14(15)20-11-13(10-18-20)19-16(21)12-5-4-8-17-9-12/h2-3,6-7,10-12,17H,4-5,8-9H2,1H3,(H,19,21). The zero-order chi connectivity index (χ0) is 17.2. The first-order valence-electron chi connectivity index (χ1n) is 7.81. The van der Waals surface area contributed by atoms with E-state index >= 15 is 0 Å². The molecule has 1 saturated heterocycles. The van der Waals surface area contributed by atoms with Gasteiger partial charge in [0.1, 0.15) is 0 Å². The highest BCUT2D eigenvalue weighted by Gasteiger charge is 2.21. The monoisotopic (exact) mass is 348 g/mol. The Morgan fingerprint density at radius 2 is 2.17 bits per heavy atom. The van der Waals surface area contributed by atoms with Gasteiger partial charge in [0.15, 0.2) is 9.84 Å². The van der Waals surface area contributed by atoms with Gasteiger partial charge in [0, 0.05) is 12.8 Å². The summed E-state index contributed by atoms with van der Waals surface area (Å²) in [5, 5.41) is 10.2. The number of sulfone groups is 1. The molecule has 8 heteroatoms. The smallest absolute Gasteiger partial charge is 0.228 e. The summed E-state index contributed by atoms with van der Waals surface area (Å²) in [5.41, 5.74) is 1.01. The molecule has 1 amide bonds. The minimum absolute atomic E-state index is 0.0434. The molecule has 7 nitrogen and oxygen atoms in total. The Morgan fingerprint density at radius 1 is 1.38 bits per heavy atom. The molecule has 24 heavy (non-hydrogen) atoms. The van der Waals surface area contributed by atoms with Crippen LogP contribution in [0.4, 0.5) is 5.69 Å².